The zero-order chi connectivity index (χ0) is 15.1. The van der Waals surface area contributed by atoms with Gasteiger partial charge in [0.2, 0.25) is 11.8 Å². The minimum Gasteiger partial charge on any atom is -0.481 e. The molecule has 0 aliphatic carbocycles. The van der Waals surface area contributed by atoms with Crippen LogP contribution in [0.5, 0.6) is 5.88 Å². The van der Waals surface area contributed by atoms with Crippen LogP contribution in [0.2, 0.25) is 0 Å². The molecule has 5 nitrogen and oxygen atoms in total. The van der Waals surface area contributed by atoms with E-state index in [9.17, 15) is 4.79 Å². The smallest absolute Gasteiger partial charge is 0.221 e. The molecule has 1 rings (SSSR count). The summed E-state index contributed by atoms with van der Waals surface area (Å²) in [6, 6.07) is 1.74. The first kappa shape index (κ1) is 17.4. The number of anilines is 1. The fourth-order valence-corrected chi connectivity index (χ4v) is 1.05. The van der Waals surface area contributed by atoms with Crippen molar-refractivity contribution in [2.75, 3.05) is 19.5 Å². The van der Waals surface area contributed by atoms with Gasteiger partial charge in [-0.15, -0.1) is 0 Å². The van der Waals surface area contributed by atoms with E-state index in [1.165, 1.54) is 6.92 Å². The summed E-state index contributed by atoms with van der Waals surface area (Å²) in [6.07, 6.45) is 1.59. The first-order valence-corrected chi connectivity index (χ1v) is 6.03. The van der Waals surface area contributed by atoms with Gasteiger partial charge in [0.25, 0.3) is 0 Å². The van der Waals surface area contributed by atoms with Gasteiger partial charge in [0.1, 0.15) is 0 Å². The van der Waals surface area contributed by atoms with Crippen LogP contribution in [0.3, 0.4) is 0 Å². The van der Waals surface area contributed by atoms with E-state index < -0.39 is 0 Å². The molecule has 0 radical (unpaired) electrons. The van der Waals surface area contributed by atoms with Crippen molar-refractivity contribution in [3.8, 4) is 5.88 Å². The van der Waals surface area contributed by atoms with Crippen molar-refractivity contribution in [3.05, 3.63) is 17.8 Å². The van der Waals surface area contributed by atoms with Gasteiger partial charge in [0.15, 0.2) is 0 Å². The molecule has 108 valence electrons. The molecule has 0 aliphatic heterocycles. The lowest BCUT2D eigenvalue weighted by atomic mass is 10.2. The van der Waals surface area contributed by atoms with Gasteiger partial charge >= 0.3 is 0 Å². The Balaban J connectivity index is 0.000000459. The van der Waals surface area contributed by atoms with Crippen LogP contribution in [-0.4, -0.2) is 30.7 Å². The van der Waals surface area contributed by atoms with Crippen molar-refractivity contribution in [1.82, 2.24) is 4.98 Å². The number of hydrogen-bond donors (Lipinski definition) is 1. The van der Waals surface area contributed by atoms with E-state index in [0.717, 1.165) is 11.3 Å². The van der Waals surface area contributed by atoms with E-state index in [2.05, 4.69) is 10.3 Å². The van der Waals surface area contributed by atoms with Crippen LogP contribution < -0.4 is 10.1 Å². The number of nitrogens with zero attached hydrogens (tertiary/aromatic N) is 1. The predicted octanol–water partition coefficient (Wildman–Crippen LogP) is 2.79. The molecular formula is C14H24N2O3. The number of carbonyl (C=O) groups excluding carboxylic acids is 1. The lowest BCUT2D eigenvalue weighted by Gasteiger charge is -2.14. The Labute approximate surface area is 115 Å². The summed E-state index contributed by atoms with van der Waals surface area (Å²) in [6.45, 7) is 9.37. The summed E-state index contributed by atoms with van der Waals surface area (Å²) in [5, 5.41) is 2.69. The second kappa shape index (κ2) is 7.74. The van der Waals surface area contributed by atoms with Gasteiger partial charge in [0.05, 0.1) is 18.4 Å². The van der Waals surface area contributed by atoms with Crippen molar-refractivity contribution in [2.24, 2.45) is 0 Å². The van der Waals surface area contributed by atoms with Crippen molar-refractivity contribution in [1.29, 1.82) is 0 Å². The first-order valence-electron chi connectivity index (χ1n) is 6.03. The van der Waals surface area contributed by atoms with Gasteiger partial charge in [-0.3, -0.25) is 4.79 Å². The van der Waals surface area contributed by atoms with E-state index in [1.54, 1.807) is 26.5 Å². The highest BCUT2D eigenvalue weighted by molar-refractivity contribution is 5.89. The molecule has 0 fully saturated rings. The van der Waals surface area contributed by atoms with E-state index >= 15 is 0 Å². The van der Waals surface area contributed by atoms with Crippen LogP contribution in [0.25, 0.3) is 0 Å². The van der Waals surface area contributed by atoms with E-state index in [-0.39, 0.29) is 11.5 Å². The van der Waals surface area contributed by atoms with Gasteiger partial charge in [0, 0.05) is 25.8 Å². The van der Waals surface area contributed by atoms with Crippen LogP contribution in [0.1, 0.15) is 33.3 Å². The third-order valence-electron chi connectivity index (χ3n) is 2.27. The third-order valence-corrected chi connectivity index (χ3v) is 2.27. The Morgan fingerprint density at radius 2 is 1.84 bits per heavy atom. The third kappa shape index (κ3) is 7.41. The molecule has 0 saturated heterocycles. The van der Waals surface area contributed by atoms with Crippen molar-refractivity contribution < 1.29 is 14.3 Å². The second-order valence-corrected chi connectivity index (χ2v) is 4.99. The van der Waals surface area contributed by atoms with Gasteiger partial charge in [-0.25, -0.2) is 4.98 Å². The molecule has 5 heteroatoms. The van der Waals surface area contributed by atoms with Gasteiger partial charge in [-0.2, -0.15) is 0 Å². The van der Waals surface area contributed by atoms with Crippen LogP contribution in [0.15, 0.2) is 12.3 Å². The Kier molecular flexibility index (Phi) is 7.08. The van der Waals surface area contributed by atoms with Crippen molar-refractivity contribution in [3.63, 3.8) is 0 Å². The highest BCUT2D eigenvalue weighted by Gasteiger charge is 2.05. The number of rotatable bonds is 2. The summed E-state index contributed by atoms with van der Waals surface area (Å²) in [7, 11) is 3.26. The predicted molar refractivity (Wildman–Crippen MR) is 76.6 cm³/mol. The number of pyridine rings is 1. The van der Waals surface area contributed by atoms with Crippen molar-refractivity contribution >= 4 is 11.6 Å². The topological polar surface area (TPSA) is 60.5 Å². The number of nitrogens with one attached hydrogen (secondary N) is 1. The maximum absolute atomic E-state index is 10.8. The molecule has 0 spiro atoms. The summed E-state index contributed by atoms with van der Waals surface area (Å²) in [5.41, 5.74) is 1.61. The molecule has 0 atom stereocenters. The highest BCUT2D eigenvalue weighted by atomic mass is 16.5. The molecular weight excluding hydrogens is 244 g/mol. The monoisotopic (exact) mass is 268 g/mol. The van der Waals surface area contributed by atoms with Gasteiger partial charge in [-0.05, 0) is 33.8 Å². The number of carbonyl (C=O) groups is 1. The van der Waals surface area contributed by atoms with Crippen LogP contribution in [-0.2, 0) is 9.53 Å². The van der Waals surface area contributed by atoms with Crippen LogP contribution in [0, 0.1) is 6.92 Å². The van der Waals surface area contributed by atoms with Crippen LogP contribution in [0.4, 0.5) is 5.69 Å². The number of amides is 1. The Hall–Kier alpha value is -1.62. The zero-order valence-corrected chi connectivity index (χ0v) is 12.8. The average Bonchev–Trinajstić information content (AvgIpc) is 2.31. The highest BCUT2D eigenvalue weighted by Crippen LogP contribution is 2.21. The molecule has 1 amide bonds. The molecule has 19 heavy (non-hydrogen) atoms. The van der Waals surface area contributed by atoms with Gasteiger partial charge < -0.3 is 14.8 Å². The minimum absolute atomic E-state index is 0.0417. The maximum atomic E-state index is 10.8. The zero-order valence-electron chi connectivity index (χ0n) is 12.8. The number of methoxy groups -OCH3 is 2. The fraction of sp³-hybridized carbons (Fsp3) is 0.571. The lowest BCUT2D eigenvalue weighted by molar-refractivity contribution is -0.114. The van der Waals surface area contributed by atoms with Crippen LogP contribution >= 0.6 is 0 Å². The number of aromatic nitrogens is 1. The molecule has 1 heterocycles. The lowest BCUT2D eigenvalue weighted by Crippen LogP contribution is -2.15. The molecule has 0 aliphatic rings. The molecule has 1 aromatic rings. The molecule has 0 aromatic carbocycles. The summed E-state index contributed by atoms with van der Waals surface area (Å²) in [4.78, 5) is 14.8. The SMILES string of the molecule is COC(C)(C)C.COc1nccc(NC(C)=O)c1C. The number of ether oxygens (including phenoxy) is 2. The minimum atomic E-state index is -0.101. The molecule has 1 aromatic heterocycles. The Morgan fingerprint density at radius 3 is 2.21 bits per heavy atom. The number of hydrogen-bond acceptors (Lipinski definition) is 4. The summed E-state index contributed by atoms with van der Waals surface area (Å²) in [5.74, 6) is 0.433. The van der Waals surface area contributed by atoms with E-state index in [4.69, 9.17) is 9.47 Å². The van der Waals surface area contributed by atoms with E-state index in [1.807, 2.05) is 27.7 Å². The Bertz CT molecular complexity index is 412. The van der Waals surface area contributed by atoms with E-state index in [0.29, 0.717) is 5.88 Å². The average molecular weight is 268 g/mol. The second-order valence-electron chi connectivity index (χ2n) is 4.99. The van der Waals surface area contributed by atoms with Crippen molar-refractivity contribution in [2.45, 2.75) is 40.2 Å². The summed E-state index contributed by atoms with van der Waals surface area (Å²) >= 11 is 0. The molecule has 0 unspecified atom stereocenters. The Morgan fingerprint density at radius 1 is 1.32 bits per heavy atom. The normalized spacial score (nSPS) is 10.3. The standard InChI is InChI=1S/C9H12N2O2.C5H12O/c1-6-8(11-7(2)12)4-5-10-9(6)13-3;1-5(2,3)6-4/h4-5H,1-3H3,(H,10,11,12);1-4H3. The summed E-state index contributed by atoms with van der Waals surface area (Å²) < 4.78 is 9.94. The maximum Gasteiger partial charge on any atom is 0.221 e. The molecule has 1 N–H and O–H groups in total. The molecule has 0 saturated carbocycles. The quantitative estimate of drug-likeness (QED) is 0.896. The van der Waals surface area contributed by atoms with Gasteiger partial charge in [-0.1, -0.05) is 0 Å². The molecule has 0 bridgehead atoms. The first-order chi connectivity index (χ1) is 8.71. The largest absolute Gasteiger partial charge is 0.481 e. The fourth-order valence-electron chi connectivity index (χ4n) is 1.05.